The van der Waals surface area contributed by atoms with E-state index in [2.05, 4.69) is 6.58 Å². The van der Waals surface area contributed by atoms with Crippen LogP contribution in [0.4, 0.5) is 0 Å². The Hall–Kier alpha value is -1.71. The Labute approximate surface area is 96.9 Å². The summed E-state index contributed by atoms with van der Waals surface area (Å²) in [5, 5.41) is 7.72. The molecule has 0 amide bonds. The summed E-state index contributed by atoms with van der Waals surface area (Å²) in [6, 6.07) is 0. The predicted octanol–water partition coefficient (Wildman–Crippen LogP) is 2.73. The molecule has 1 N–H and O–H groups in total. The smallest absolute Gasteiger partial charge is 0.303 e. The third kappa shape index (κ3) is 12.3. The monoisotopic (exact) mass is 228 g/mol. The van der Waals surface area contributed by atoms with Crippen LogP contribution in [-0.4, -0.2) is 25.3 Å². The molecule has 0 heterocycles. The second-order valence-corrected chi connectivity index (χ2v) is 2.67. The number of hydrogen-bond donors (Lipinski definition) is 1. The highest BCUT2D eigenvalue weighted by Crippen LogP contribution is 2.03. The lowest BCUT2D eigenvalue weighted by molar-refractivity contribution is -0.136. The summed E-state index contributed by atoms with van der Waals surface area (Å²) in [6.45, 7) is 7.15. The maximum absolute atomic E-state index is 9.37. The van der Waals surface area contributed by atoms with E-state index in [4.69, 9.17) is 14.6 Å². The van der Waals surface area contributed by atoms with Gasteiger partial charge in [-0.2, -0.15) is 0 Å². The lowest BCUT2D eigenvalue weighted by atomic mass is 10.4. The molecule has 0 rings (SSSR count). The molecule has 4 nitrogen and oxygen atoms in total. The second-order valence-electron chi connectivity index (χ2n) is 2.67. The molecule has 0 aromatic carbocycles. The molecule has 0 aliphatic rings. The Bertz CT molecular complexity index is 264. The highest BCUT2D eigenvalue weighted by atomic mass is 16.5. The summed E-state index contributed by atoms with van der Waals surface area (Å²) < 4.78 is 9.84. The van der Waals surface area contributed by atoms with Crippen LogP contribution >= 0.6 is 0 Å². The van der Waals surface area contributed by atoms with E-state index in [9.17, 15) is 4.79 Å². The molecule has 0 saturated heterocycles. The predicted molar refractivity (Wildman–Crippen MR) is 64.0 cm³/mol. The van der Waals surface area contributed by atoms with Crippen LogP contribution in [0.3, 0.4) is 0 Å². The largest absolute Gasteiger partial charge is 0.497 e. The fourth-order valence-corrected chi connectivity index (χ4v) is 0.557. The van der Waals surface area contributed by atoms with Crippen molar-refractivity contribution in [1.29, 1.82) is 0 Å². The summed E-state index contributed by atoms with van der Waals surface area (Å²) in [5.74, 6) is 0.573. The molecule has 4 heteroatoms. The van der Waals surface area contributed by atoms with Crippen molar-refractivity contribution in [3.8, 4) is 0 Å². The number of methoxy groups -OCH3 is 2. The first-order valence-corrected chi connectivity index (χ1v) is 4.84. The standard InChI is InChI=1S/C9H14O2.C3H6O2/c1-5-6-9(11-4)7-8(2)10-3;1-2-3(4)5/h5-7H,2H2,1,3-4H3;2H2,1H3,(H,4,5)/b6-5-,9-7+;. The first-order valence-electron chi connectivity index (χ1n) is 4.84. The number of rotatable bonds is 5. The van der Waals surface area contributed by atoms with Crippen LogP contribution < -0.4 is 0 Å². The van der Waals surface area contributed by atoms with E-state index in [1.165, 1.54) is 0 Å². The zero-order valence-corrected chi connectivity index (χ0v) is 10.3. The molecule has 0 aromatic rings. The van der Waals surface area contributed by atoms with Gasteiger partial charge in [-0.25, -0.2) is 0 Å². The molecule has 0 spiro atoms. The van der Waals surface area contributed by atoms with Crippen molar-refractivity contribution in [1.82, 2.24) is 0 Å². The maximum atomic E-state index is 9.37. The van der Waals surface area contributed by atoms with Crippen LogP contribution in [0.15, 0.2) is 36.3 Å². The third-order valence-corrected chi connectivity index (χ3v) is 1.43. The quantitative estimate of drug-likeness (QED) is 0.580. The Kier molecular flexibility index (Phi) is 11.9. The summed E-state index contributed by atoms with van der Waals surface area (Å²) in [4.78, 5) is 9.37. The normalized spacial score (nSPS) is 10.4. The molecular formula is C12H20O4. The van der Waals surface area contributed by atoms with Gasteiger partial charge in [0.1, 0.15) is 11.5 Å². The van der Waals surface area contributed by atoms with Gasteiger partial charge >= 0.3 is 5.97 Å². The minimum Gasteiger partial charge on any atom is -0.497 e. The lowest BCUT2D eigenvalue weighted by Gasteiger charge is -2.01. The molecule has 0 unspecified atom stereocenters. The van der Waals surface area contributed by atoms with E-state index in [1.807, 2.05) is 19.1 Å². The molecule has 0 aliphatic carbocycles. The third-order valence-electron chi connectivity index (χ3n) is 1.43. The summed E-state index contributed by atoms with van der Waals surface area (Å²) in [7, 11) is 3.18. The van der Waals surface area contributed by atoms with Crippen molar-refractivity contribution in [2.45, 2.75) is 20.3 Å². The van der Waals surface area contributed by atoms with E-state index in [0.29, 0.717) is 5.76 Å². The minimum absolute atomic E-state index is 0.222. The maximum Gasteiger partial charge on any atom is 0.303 e. The molecule has 0 aliphatic heterocycles. The number of carboxylic acid groups (broad SMARTS) is 1. The minimum atomic E-state index is -0.745. The highest BCUT2D eigenvalue weighted by molar-refractivity contribution is 5.66. The van der Waals surface area contributed by atoms with E-state index in [1.54, 1.807) is 27.2 Å². The van der Waals surface area contributed by atoms with Gasteiger partial charge in [-0.15, -0.1) is 0 Å². The number of allylic oxidation sites excluding steroid dienone is 3. The van der Waals surface area contributed by atoms with Gasteiger partial charge in [-0.05, 0) is 13.0 Å². The van der Waals surface area contributed by atoms with Gasteiger partial charge in [0.2, 0.25) is 0 Å². The molecule has 0 fully saturated rings. The van der Waals surface area contributed by atoms with Gasteiger partial charge < -0.3 is 14.6 Å². The lowest BCUT2D eigenvalue weighted by Crippen LogP contribution is -1.86. The van der Waals surface area contributed by atoms with Crippen molar-refractivity contribution >= 4 is 5.97 Å². The fourth-order valence-electron chi connectivity index (χ4n) is 0.557. The van der Waals surface area contributed by atoms with Crippen molar-refractivity contribution in [3.63, 3.8) is 0 Å². The molecular weight excluding hydrogens is 208 g/mol. The van der Waals surface area contributed by atoms with E-state index in [-0.39, 0.29) is 6.42 Å². The van der Waals surface area contributed by atoms with Crippen LogP contribution in [0.2, 0.25) is 0 Å². The van der Waals surface area contributed by atoms with Gasteiger partial charge in [0.15, 0.2) is 0 Å². The first-order chi connectivity index (χ1) is 7.51. The van der Waals surface area contributed by atoms with Gasteiger partial charge in [0, 0.05) is 12.5 Å². The fraction of sp³-hybridized carbons (Fsp3) is 0.417. The van der Waals surface area contributed by atoms with Crippen molar-refractivity contribution in [3.05, 3.63) is 36.3 Å². The number of ether oxygens (including phenoxy) is 2. The van der Waals surface area contributed by atoms with E-state index < -0.39 is 5.97 Å². The van der Waals surface area contributed by atoms with Crippen LogP contribution in [0.1, 0.15) is 20.3 Å². The molecule has 92 valence electrons. The summed E-state index contributed by atoms with van der Waals surface area (Å²) >= 11 is 0. The average molecular weight is 228 g/mol. The Morgan fingerprint density at radius 3 is 2.12 bits per heavy atom. The Balaban J connectivity index is 0. The van der Waals surface area contributed by atoms with E-state index in [0.717, 1.165) is 5.76 Å². The van der Waals surface area contributed by atoms with Crippen LogP contribution in [0.25, 0.3) is 0 Å². The summed E-state index contributed by atoms with van der Waals surface area (Å²) in [5.41, 5.74) is 0. The Morgan fingerprint density at radius 2 is 1.88 bits per heavy atom. The highest BCUT2D eigenvalue weighted by Gasteiger charge is 1.90. The van der Waals surface area contributed by atoms with Gasteiger partial charge in [-0.1, -0.05) is 19.6 Å². The van der Waals surface area contributed by atoms with Gasteiger partial charge in [-0.3, -0.25) is 4.79 Å². The molecule has 0 bridgehead atoms. The second kappa shape index (κ2) is 11.4. The molecule has 16 heavy (non-hydrogen) atoms. The SMILES string of the molecule is C=C(/C=C(\C=C/C)OC)OC.CCC(=O)O. The number of carboxylic acids is 1. The first kappa shape index (κ1) is 16.7. The van der Waals surface area contributed by atoms with Crippen molar-refractivity contribution in [2.75, 3.05) is 14.2 Å². The average Bonchev–Trinajstić information content (AvgIpc) is 2.28. The number of hydrogen-bond acceptors (Lipinski definition) is 3. The van der Waals surface area contributed by atoms with Gasteiger partial charge in [0.05, 0.1) is 14.2 Å². The van der Waals surface area contributed by atoms with Crippen LogP contribution in [-0.2, 0) is 14.3 Å². The molecule has 0 saturated carbocycles. The molecule has 0 radical (unpaired) electrons. The van der Waals surface area contributed by atoms with Gasteiger partial charge in [0.25, 0.3) is 0 Å². The number of aliphatic carboxylic acids is 1. The summed E-state index contributed by atoms with van der Waals surface area (Å²) in [6.07, 6.45) is 5.67. The van der Waals surface area contributed by atoms with Crippen LogP contribution in [0.5, 0.6) is 0 Å². The topological polar surface area (TPSA) is 55.8 Å². The van der Waals surface area contributed by atoms with Crippen molar-refractivity contribution in [2.24, 2.45) is 0 Å². The zero-order valence-electron chi connectivity index (χ0n) is 10.3. The van der Waals surface area contributed by atoms with Crippen LogP contribution in [0, 0.1) is 0 Å². The van der Waals surface area contributed by atoms with Crippen molar-refractivity contribution < 1.29 is 19.4 Å². The molecule has 0 aromatic heterocycles. The molecule has 0 atom stereocenters. The van der Waals surface area contributed by atoms with E-state index >= 15 is 0 Å². The zero-order chi connectivity index (χ0) is 13.0. The number of carbonyl (C=O) groups is 1. The Morgan fingerprint density at radius 1 is 1.38 bits per heavy atom.